The molecule has 8 nitrogen and oxygen atoms in total. The summed E-state index contributed by atoms with van der Waals surface area (Å²) in [6.07, 6.45) is -0.959. The quantitative estimate of drug-likeness (QED) is 0.546. The minimum Gasteiger partial charge on any atom is -0.406 e. The number of aryl methyl sites for hydroxylation is 1. The van der Waals surface area contributed by atoms with Crippen molar-refractivity contribution in [1.29, 1.82) is 0 Å². The third-order valence-electron chi connectivity index (χ3n) is 5.50. The number of nitrogens with one attached hydrogen (secondary N) is 1. The molecule has 0 spiro atoms. The SMILES string of the molecule is Cc1nc(N2CCCN(C)CC2)nc2ccc(NC(=O)C=Cc3ccc(OC(F)(F)F)cc3)nc12. The van der Waals surface area contributed by atoms with Gasteiger partial charge in [0.05, 0.1) is 11.2 Å². The molecule has 1 saturated heterocycles. The molecule has 11 heteroatoms. The summed E-state index contributed by atoms with van der Waals surface area (Å²) in [4.78, 5) is 30.6. The van der Waals surface area contributed by atoms with Crippen LogP contribution in [0.1, 0.15) is 17.7 Å². The van der Waals surface area contributed by atoms with Crippen molar-refractivity contribution in [2.45, 2.75) is 19.7 Å². The maximum atomic E-state index is 12.3. The van der Waals surface area contributed by atoms with E-state index in [1.165, 1.54) is 36.4 Å². The molecule has 1 aliphatic heterocycles. The van der Waals surface area contributed by atoms with E-state index >= 15 is 0 Å². The van der Waals surface area contributed by atoms with Gasteiger partial charge in [-0.25, -0.2) is 15.0 Å². The van der Waals surface area contributed by atoms with Gasteiger partial charge in [-0.2, -0.15) is 0 Å². The molecule has 3 aromatic rings. The predicted molar refractivity (Wildman–Crippen MR) is 127 cm³/mol. The van der Waals surface area contributed by atoms with Gasteiger partial charge in [0.2, 0.25) is 11.9 Å². The molecule has 1 aromatic carbocycles. The number of alkyl halides is 3. The zero-order chi connectivity index (χ0) is 25.0. The van der Waals surface area contributed by atoms with Crippen LogP contribution in [0, 0.1) is 6.92 Å². The summed E-state index contributed by atoms with van der Waals surface area (Å²) >= 11 is 0. The molecule has 1 amide bonds. The van der Waals surface area contributed by atoms with Crippen molar-refractivity contribution in [3.05, 3.63) is 53.7 Å². The molecule has 2 aromatic heterocycles. The van der Waals surface area contributed by atoms with Crippen LogP contribution in [0.25, 0.3) is 17.1 Å². The molecule has 4 rings (SSSR count). The maximum Gasteiger partial charge on any atom is 0.573 e. The highest BCUT2D eigenvalue weighted by atomic mass is 19.4. The van der Waals surface area contributed by atoms with E-state index in [0.29, 0.717) is 28.4 Å². The van der Waals surface area contributed by atoms with Gasteiger partial charge in [0.15, 0.2) is 0 Å². The number of nitrogens with zero attached hydrogens (tertiary/aromatic N) is 5. The number of carbonyl (C=O) groups is 1. The van der Waals surface area contributed by atoms with Crippen LogP contribution in [0.4, 0.5) is 24.9 Å². The van der Waals surface area contributed by atoms with Crippen LogP contribution in [0.15, 0.2) is 42.5 Å². The van der Waals surface area contributed by atoms with E-state index in [1.54, 1.807) is 12.1 Å². The number of likely N-dealkylation sites (N-methyl/N-ethyl adjacent to an activating group) is 1. The number of fused-ring (bicyclic) bond motifs is 1. The minimum absolute atomic E-state index is 0.330. The summed E-state index contributed by atoms with van der Waals surface area (Å²) in [6, 6.07) is 8.65. The Bertz CT molecular complexity index is 1230. The Kier molecular flexibility index (Phi) is 7.15. The second-order valence-corrected chi connectivity index (χ2v) is 8.26. The Hall–Kier alpha value is -3.73. The molecule has 184 valence electrons. The van der Waals surface area contributed by atoms with Crippen molar-refractivity contribution in [2.24, 2.45) is 0 Å². The number of amides is 1. The van der Waals surface area contributed by atoms with Crippen LogP contribution in [0.5, 0.6) is 5.75 Å². The summed E-state index contributed by atoms with van der Waals surface area (Å²) in [5, 5.41) is 2.68. The van der Waals surface area contributed by atoms with Gasteiger partial charge in [0.1, 0.15) is 17.1 Å². The molecule has 0 unspecified atom stereocenters. The first-order chi connectivity index (χ1) is 16.7. The average Bonchev–Trinajstić information content (AvgIpc) is 3.02. The lowest BCUT2D eigenvalue weighted by Gasteiger charge is -2.21. The minimum atomic E-state index is -4.75. The van der Waals surface area contributed by atoms with Crippen LogP contribution in [0.3, 0.4) is 0 Å². The summed E-state index contributed by atoms with van der Waals surface area (Å²) in [6.45, 7) is 5.60. The van der Waals surface area contributed by atoms with Crippen LogP contribution < -0.4 is 15.0 Å². The van der Waals surface area contributed by atoms with Gasteiger partial charge in [-0.15, -0.1) is 13.2 Å². The van der Waals surface area contributed by atoms with Crippen molar-refractivity contribution in [2.75, 3.05) is 43.4 Å². The molecule has 0 saturated carbocycles. The van der Waals surface area contributed by atoms with Crippen LogP contribution in [0.2, 0.25) is 0 Å². The van der Waals surface area contributed by atoms with E-state index in [0.717, 1.165) is 38.3 Å². The Morgan fingerprint density at radius 3 is 2.54 bits per heavy atom. The fourth-order valence-corrected chi connectivity index (χ4v) is 3.72. The van der Waals surface area contributed by atoms with E-state index in [9.17, 15) is 18.0 Å². The first-order valence-corrected chi connectivity index (χ1v) is 11.1. The molecule has 1 aliphatic rings. The summed E-state index contributed by atoms with van der Waals surface area (Å²) in [7, 11) is 2.11. The fourth-order valence-electron chi connectivity index (χ4n) is 3.72. The lowest BCUT2D eigenvalue weighted by Crippen LogP contribution is -2.30. The Morgan fingerprint density at radius 1 is 1.03 bits per heavy atom. The number of hydrogen-bond acceptors (Lipinski definition) is 7. The van der Waals surface area contributed by atoms with Crippen molar-refractivity contribution >= 4 is 34.8 Å². The van der Waals surface area contributed by atoms with Gasteiger partial charge < -0.3 is 19.9 Å². The van der Waals surface area contributed by atoms with E-state index < -0.39 is 12.3 Å². The first-order valence-electron chi connectivity index (χ1n) is 11.1. The van der Waals surface area contributed by atoms with E-state index in [-0.39, 0.29) is 5.75 Å². The van der Waals surface area contributed by atoms with E-state index in [2.05, 4.69) is 41.9 Å². The molecule has 1 N–H and O–H groups in total. The van der Waals surface area contributed by atoms with Crippen molar-refractivity contribution in [3.8, 4) is 5.75 Å². The molecule has 0 atom stereocenters. The molecule has 0 radical (unpaired) electrons. The number of anilines is 2. The second kappa shape index (κ2) is 10.3. The lowest BCUT2D eigenvalue weighted by atomic mass is 10.2. The monoisotopic (exact) mass is 486 g/mol. The molecule has 1 fully saturated rings. The van der Waals surface area contributed by atoms with Crippen molar-refractivity contribution < 1.29 is 22.7 Å². The third kappa shape index (κ3) is 6.66. The number of pyridine rings is 1. The normalized spacial score (nSPS) is 15.4. The van der Waals surface area contributed by atoms with Crippen LogP contribution in [-0.2, 0) is 4.79 Å². The zero-order valence-corrected chi connectivity index (χ0v) is 19.3. The summed E-state index contributed by atoms with van der Waals surface area (Å²) < 4.78 is 40.6. The number of aromatic nitrogens is 3. The van der Waals surface area contributed by atoms with Crippen LogP contribution in [-0.4, -0.2) is 65.3 Å². The highest BCUT2D eigenvalue weighted by Gasteiger charge is 2.30. The molecule has 0 bridgehead atoms. The van der Waals surface area contributed by atoms with Gasteiger partial charge in [0.25, 0.3) is 0 Å². The number of carbonyl (C=O) groups excluding carboxylic acids is 1. The third-order valence-corrected chi connectivity index (χ3v) is 5.50. The number of hydrogen-bond donors (Lipinski definition) is 1. The topological polar surface area (TPSA) is 83.5 Å². The van der Waals surface area contributed by atoms with Crippen LogP contribution >= 0.6 is 0 Å². The molecular formula is C24H25F3N6O2. The van der Waals surface area contributed by atoms with Crippen molar-refractivity contribution in [1.82, 2.24) is 19.9 Å². The average molecular weight is 486 g/mol. The largest absolute Gasteiger partial charge is 0.573 e. The Labute approximate surface area is 200 Å². The zero-order valence-electron chi connectivity index (χ0n) is 19.3. The standard InChI is InChI=1S/C24H25F3N6O2/c1-16-22-19(29-23(28-16)33-13-3-12-32(2)14-15-33)9-10-20(31-22)30-21(34)11-6-17-4-7-18(8-5-17)35-24(25,26)27/h4-11H,3,12-15H2,1-2H3,(H,30,31,34). The van der Waals surface area contributed by atoms with Gasteiger partial charge in [0, 0.05) is 25.7 Å². The predicted octanol–water partition coefficient (Wildman–Crippen LogP) is 4.03. The lowest BCUT2D eigenvalue weighted by molar-refractivity contribution is -0.274. The Balaban J connectivity index is 1.42. The van der Waals surface area contributed by atoms with Gasteiger partial charge in [-0.1, -0.05) is 12.1 Å². The van der Waals surface area contributed by atoms with Crippen molar-refractivity contribution in [3.63, 3.8) is 0 Å². The smallest absolute Gasteiger partial charge is 0.406 e. The maximum absolute atomic E-state index is 12.3. The fraction of sp³-hybridized carbons (Fsp3) is 0.333. The number of ether oxygens (including phenoxy) is 1. The van der Waals surface area contributed by atoms with E-state index in [4.69, 9.17) is 0 Å². The second-order valence-electron chi connectivity index (χ2n) is 8.26. The van der Waals surface area contributed by atoms with E-state index in [1.807, 2.05) is 6.92 Å². The molecule has 35 heavy (non-hydrogen) atoms. The number of benzene rings is 1. The highest BCUT2D eigenvalue weighted by molar-refractivity contribution is 6.01. The van der Waals surface area contributed by atoms with Gasteiger partial charge in [-0.05, 0) is 62.8 Å². The molecule has 0 aliphatic carbocycles. The highest BCUT2D eigenvalue weighted by Crippen LogP contribution is 2.23. The first kappa shape index (κ1) is 24.4. The molecule has 3 heterocycles. The van der Waals surface area contributed by atoms with Gasteiger partial charge in [-0.3, -0.25) is 4.79 Å². The Morgan fingerprint density at radius 2 is 1.80 bits per heavy atom. The number of rotatable bonds is 5. The summed E-state index contributed by atoms with van der Waals surface area (Å²) in [5.74, 6) is 0.259. The van der Waals surface area contributed by atoms with Gasteiger partial charge >= 0.3 is 6.36 Å². The summed E-state index contributed by atoms with van der Waals surface area (Å²) in [5.41, 5.74) is 2.55. The molecular weight excluding hydrogens is 461 g/mol. The number of halogens is 3.